The van der Waals surface area contributed by atoms with Crippen LogP contribution >= 0.6 is 0 Å². The Hall–Kier alpha value is -0.300. The molecule has 0 aromatic rings. The molecular formula is C17H33N. The zero-order chi connectivity index (χ0) is 14.1. The molecule has 0 aliphatic carbocycles. The summed E-state index contributed by atoms with van der Waals surface area (Å²) in [6.07, 6.45) is 3.80. The molecule has 18 heavy (non-hydrogen) atoms. The molecule has 1 aliphatic rings. The van der Waals surface area contributed by atoms with E-state index in [1.54, 1.807) is 0 Å². The lowest BCUT2D eigenvalue weighted by Crippen LogP contribution is -2.61. The van der Waals surface area contributed by atoms with Gasteiger partial charge in [-0.1, -0.05) is 19.4 Å². The van der Waals surface area contributed by atoms with Crippen molar-refractivity contribution in [2.24, 2.45) is 11.8 Å². The summed E-state index contributed by atoms with van der Waals surface area (Å²) in [7, 11) is 0. The van der Waals surface area contributed by atoms with Gasteiger partial charge in [-0.05, 0) is 65.7 Å². The minimum absolute atomic E-state index is 0.312. The molecule has 0 aromatic carbocycles. The first-order valence-electron chi connectivity index (χ1n) is 7.47. The van der Waals surface area contributed by atoms with Gasteiger partial charge in [-0.25, -0.2) is 0 Å². The molecule has 1 aliphatic heterocycles. The van der Waals surface area contributed by atoms with Gasteiger partial charge in [0.05, 0.1) is 0 Å². The van der Waals surface area contributed by atoms with E-state index >= 15 is 0 Å². The van der Waals surface area contributed by atoms with Crippen molar-refractivity contribution < 1.29 is 0 Å². The van der Waals surface area contributed by atoms with Crippen LogP contribution in [0.1, 0.15) is 67.7 Å². The van der Waals surface area contributed by atoms with Crippen LogP contribution in [0.5, 0.6) is 0 Å². The van der Waals surface area contributed by atoms with E-state index in [1.165, 1.54) is 31.4 Å². The first-order valence-corrected chi connectivity index (χ1v) is 7.47. The molecule has 1 saturated heterocycles. The van der Waals surface area contributed by atoms with Crippen molar-refractivity contribution in [2.75, 3.05) is 6.54 Å². The Morgan fingerprint density at radius 2 is 1.61 bits per heavy atom. The zero-order valence-corrected chi connectivity index (χ0v) is 13.6. The molecule has 1 heteroatoms. The number of nitrogens with zero attached hydrogens (tertiary/aromatic N) is 1. The Morgan fingerprint density at radius 1 is 1.17 bits per heavy atom. The molecule has 0 bridgehead atoms. The summed E-state index contributed by atoms with van der Waals surface area (Å²) in [6.45, 7) is 21.8. The molecule has 1 nitrogen and oxygen atoms in total. The molecule has 0 amide bonds. The third-order valence-electron chi connectivity index (χ3n) is 4.22. The highest BCUT2D eigenvalue weighted by Crippen LogP contribution is 2.43. The summed E-state index contributed by atoms with van der Waals surface area (Å²) in [5.41, 5.74) is 1.96. The fourth-order valence-electron chi connectivity index (χ4n) is 4.02. The molecule has 0 spiro atoms. The SMILES string of the molecule is C=C(C)CC1CC(C)(C)N(CC(C)C)C(C)(C)C1. The van der Waals surface area contributed by atoms with Gasteiger partial charge in [-0.2, -0.15) is 0 Å². The molecule has 1 fully saturated rings. The lowest BCUT2D eigenvalue weighted by Gasteiger charge is -2.56. The molecule has 0 saturated carbocycles. The van der Waals surface area contributed by atoms with Crippen LogP contribution in [0.25, 0.3) is 0 Å². The lowest BCUT2D eigenvalue weighted by atomic mass is 9.71. The molecule has 0 N–H and O–H groups in total. The van der Waals surface area contributed by atoms with Gasteiger partial charge in [0.2, 0.25) is 0 Å². The maximum absolute atomic E-state index is 4.10. The molecule has 0 atom stereocenters. The van der Waals surface area contributed by atoms with Gasteiger partial charge in [0, 0.05) is 17.6 Å². The molecule has 0 aromatic heterocycles. The summed E-state index contributed by atoms with van der Waals surface area (Å²) < 4.78 is 0. The Kier molecular flexibility index (Phi) is 4.70. The van der Waals surface area contributed by atoms with Crippen LogP contribution < -0.4 is 0 Å². The third kappa shape index (κ3) is 3.85. The number of hydrogen-bond acceptors (Lipinski definition) is 1. The van der Waals surface area contributed by atoms with Gasteiger partial charge in [-0.15, -0.1) is 6.58 Å². The topological polar surface area (TPSA) is 3.24 Å². The van der Waals surface area contributed by atoms with Gasteiger partial charge in [0.1, 0.15) is 0 Å². The van der Waals surface area contributed by atoms with Crippen LogP contribution in [0.3, 0.4) is 0 Å². The van der Waals surface area contributed by atoms with E-state index in [0.29, 0.717) is 11.1 Å². The van der Waals surface area contributed by atoms with E-state index in [4.69, 9.17) is 0 Å². The maximum Gasteiger partial charge on any atom is 0.0161 e. The smallest absolute Gasteiger partial charge is 0.0161 e. The van der Waals surface area contributed by atoms with E-state index in [2.05, 4.69) is 59.9 Å². The van der Waals surface area contributed by atoms with Crippen molar-refractivity contribution in [3.8, 4) is 0 Å². The van der Waals surface area contributed by atoms with Crippen LogP contribution in [0.4, 0.5) is 0 Å². The standard InChI is InChI=1S/C17H33N/c1-13(2)9-15-10-16(5,6)18(12-14(3)4)17(7,8)11-15/h14-15H,1,9-12H2,2-8H3. The number of piperidine rings is 1. The van der Waals surface area contributed by atoms with Gasteiger partial charge in [0.25, 0.3) is 0 Å². The summed E-state index contributed by atoms with van der Waals surface area (Å²) in [5.74, 6) is 1.54. The highest BCUT2D eigenvalue weighted by Gasteiger charge is 2.44. The fourth-order valence-corrected chi connectivity index (χ4v) is 4.02. The normalized spacial score (nSPS) is 24.4. The van der Waals surface area contributed by atoms with Crippen molar-refractivity contribution in [3.63, 3.8) is 0 Å². The molecule has 106 valence electrons. The molecular weight excluding hydrogens is 218 g/mol. The lowest BCUT2D eigenvalue weighted by molar-refractivity contribution is -0.0580. The highest BCUT2D eigenvalue weighted by molar-refractivity contribution is 5.03. The number of hydrogen-bond donors (Lipinski definition) is 0. The van der Waals surface area contributed by atoms with Crippen molar-refractivity contribution >= 4 is 0 Å². The second-order valence-corrected chi connectivity index (χ2v) is 8.06. The molecule has 1 heterocycles. The van der Waals surface area contributed by atoms with Gasteiger partial charge < -0.3 is 0 Å². The first-order chi connectivity index (χ1) is 8.04. The summed E-state index contributed by atoms with van der Waals surface area (Å²) in [6, 6.07) is 0. The van der Waals surface area contributed by atoms with E-state index < -0.39 is 0 Å². The predicted molar refractivity (Wildman–Crippen MR) is 81.9 cm³/mol. The van der Waals surface area contributed by atoms with Gasteiger partial charge in [0.15, 0.2) is 0 Å². The quantitative estimate of drug-likeness (QED) is 0.644. The Morgan fingerprint density at radius 3 is 1.94 bits per heavy atom. The Balaban J connectivity index is 2.87. The highest BCUT2D eigenvalue weighted by atomic mass is 15.3. The second kappa shape index (κ2) is 5.36. The van der Waals surface area contributed by atoms with Crippen molar-refractivity contribution in [1.82, 2.24) is 4.90 Å². The fraction of sp³-hybridized carbons (Fsp3) is 0.882. The van der Waals surface area contributed by atoms with E-state index in [-0.39, 0.29) is 0 Å². The largest absolute Gasteiger partial charge is 0.293 e. The summed E-state index contributed by atoms with van der Waals surface area (Å²) in [5, 5.41) is 0. The second-order valence-electron chi connectivity index (χ2n) is 8.06. The summed E-state index contributed by atoms with van der Waals surface area (Å²) >= 11 is 0. The molecule has 0 radical (unpaired) electrons. The maximum atomic E-state index is 4.10. The van der Waals surface area contributed by atoms with E-state index in [1.807, 2.05) is 0 Å². The predicted octanol–water partition coefficient (Wildman–Crippen LogP) is 4.88. The van der Waals surface area contributed by atoms with Crippen LogP contribution in [-0.2, 0) is 0 Å². The van der Waals surface area contributed by atoms with E-state index in [0.717, 1.165) is 11.8 Å². The van der Waals surface area contributed by atoms with Crippen LogP contribution in [0.2, 0.25) is 0 Å². The average Bonchev–Trinajstić information content (AvgIpc) is 2.08. The minimum Gasteiger partial charge on any atom is -0.293 e. The van der Waals surface area contributed by atoms with Crippen LogP contribution in [0.15, 0.2) is 12.2 Å². The van der Waals surface area contributed by atoms with Gasteiger partial charge >= 0.3 is 0 Å². The third-order valence-corrected chi connectivity index (χ3v) is 4.22. The van der Waals surface area contributed by atoms with Crippen LogP contribution in [-0.4, -0.2) is 22.5 Å². The number of allylic oxidation sites excluding steroid dienone is 1. The van der Waals surface area contributed by atoms with Crippen molar-refractivity contribution in [3.05, 3.63) is 12.2 Å². The zero-order valence-electron chi connectivity index (χ0n) is 13.6. The van der Waals surface area contributed by atoms with Crippen molar-refractivity contribution in [2.45, 2.75) is 78.8 Å². The Labute approximate surface area is 115 Å². The molecule has 0 unspecified atom stereocenters. The first kappa shape index (κ1) is 15.8. The average molecular weight is 251 g/mol. The van der Waals surface area contributed by atoms with Gasteiger partial charge in [-0.3, -0.25) is 4.90 Å². The van der Waals surface area contributed by atoms with Crippen LogP contribution in [0, 0.1) is 11.8 Å². The number of rotatable bonds is 4. The van der Waals surface area contributed by atoms with Crippen molar-refractivity contribution in [1.29, 1.82) is 0 Å². The summed E-state index contributed by atoms with van der Waals surface area (Å²) in [4.78, 5) is 2.74. The monoisotopic (exact) mass is 251 g/mol. The Bertz CT molecular complexity index is 281. The molecule has 1 rings (SSSR count). The van der Waals surface area contributed by atoms with E-state index in [9.17, 15) is 0 Å². The minimum atomic E-state index is 0.312. The number of likely N-dealkylation sites (tertiary alicyclic amines) is 1.